The molecule has 1 aromatic heterocycles. The fraction of sp³-hybridized carbons (Fsp3) is 0.417. The number of nitrogens with zero attached hydrogens (tertiary/aromatic N) is 2. The lowest BCUT2D eigenvalue weighted by Crippen LogP contribution is -2.35. The van der Waals surface area contributed by atoms with Gasteiger partial charge in [0.1, 0.15) is 5.82 Å². The molecule has 0 bridgehead atoms. The summed E-state index contributed by atoms with van der Waals surface area (Å²) in [5, 5.41) is 5.77. The minimum Gasteiger partial charge on any atom is -0.342 e. The second-order valence-corrected chi connectivity index (χ2v) is 9.75. The first-order valence-electron chi connectivity index (χ1n) is 11.5. The van der Waals surface area contributed by atoms with Crippen LogP contribution in [0, 0.1) is 0 Å². The largest absolute Gasteiger partial charge is 0.342 e. The van der Waals surface area contributed by atoms with Gasteiger partial charge in [-0.05, 0) is 49.2 Å². The van der Waals surface area contributed by atoms with E-state index < -0.39 is 10.0 Å². The molecule has 1 aliphatic heterocycles. The summed E-state index contributed by atoms with van der Waals surface area (Å²) in [5.74, 6) is 0.887. The maximum Gasteiger partial charge on any atom is 0.314 e. The van der Waals surface area contributed by atoms with Crippen LogP contribution in [0.1, 0.15) is 38.9 Å². The van der Waals surface area contributed by atoms with Crippen LogP contribution in [-0.2, 0) is 16.4 Å². The number of para-hydroxylation sites is 2. The number of amides is 2. The van der Waals surface area contributed by atoms with Crippen LogP contribution < -0.4 is 10.6 Å². The van der Waals surface area contributed by atoms with Gasteiger partial charge in [-0.3, -0.25) is 0 Å². The van der Waals surface area contributed by atoms with Gasteiger partial charge in [-0.15, -0.1) is 0 Å². The van der Waals surface area contributed by atoms with Crippen LogP contribution >= 0.6 is 11.6 Å². The average Bonchev–Trinajstić information content (AvgIpc) is 3.29. The molecule has 34 heavy (non-hydrogen) atoms. The molecule has 3 aromatic rings. The van der Waals surface area contributed by atoms with Gasteiger partial charge in [0.15, 0.2) is 0 Å². The van der Waals surface area contributed by atoms with Gasteiger partial charge in [-0.25, -0.2) is 18.2 Å². The van der Waals surface area contributed by atoms with Gasteiger partial charge in [0.25, 0.3) is 0 Å². The fourth-order valence-electron chi connectivity index (χ4n) is 3.37. The van der Waals surface area contributed by atoms with Crippen molar-refractivity contribution in [2.24, 2.45) is 0 Å². The molecule has 0 radical (unpaired) electrons. The molecule has 2 heterocycles. The van der Waals surface area contributed by atoms with Gasteiger partial charge in [-0.1, -0.05) is 44.0 Å². The second kappa shape index (κ2) is 13.9. The molecule has 3 N–H and O–H groups in total. The van der Waals surface area contributed by atoms with E-state index in [9.17, 15) is 13.2 Å². The van der Waals surface area contributed by atoms with Crippen molar-refractivity contribution in [1.82, 2.24) is 24.9 Å². The van der Waals surface area contributed by atoms with Gasteiger partial charge in [0.2, 0.25) is 10.0 Å². The van der Waals surface area contributed by atoms with Crippen molar-refractivity contribution in [3.05, 3.63) is 59.4 Å². The monoisotopic (exact) mass is 507 g/mol. The third-order valence-electron chi connectivity index (χ3n) is 5.08. The Bertz CT molecular complexity index is 1090. The Morgan fingerprint density at radius 1 is 1.06 bits per heavy atom. The van der Waals surface area contributed by atoms with E-state index in [4.69, 9.17) is 11.6 Å². The lowest BCUT2D eigenvalue weighted by Gasteiger charge is -2.25. The number of rotatable bonds is 5. The van der Waals surface area contributed by atoms with Crippen molar-refractivity contribution >= 4 is 38.7 Å². The number of aromatic amines is 1. The first-order valence-corrected chi connectivity index (χ1v) is 13.4. The number of benzene rings is 2. The molecule has 0 spiro atoms. The van der Waals surface area contributed by atoms with Crippen molar-refractivity contribution in [2.75, 3.05) is 26.7 Å². The number of piperidine rings is 1. The standard InChI is InChI=1S/C11H14ClNO2S.C11H14N4O.C2H6/c12-10-4-6-11(7-5-10)16(14,15)13-8-2-1-3-9-13;1-12-11(16)13-7-6-10-14-8-4-2-3-5-9(8)15-10;1-2/h4-7H,1-3,8-9H2;2-5H,6-7H2,1H3,(H,14,15)(H2,12,13,16);1-2H3. The number of imidazole rings is 1. The Hall–Kier alpha value is -2.62. The number of halogens is 1. The van der Waals surface area contributed by atoms with E-state index >= 15 is 0 Å². The average molecular weight is 508 g/mol. The number of H-pyrrole nitrogens is 1. The highest BCUT2D eigenvalue weighted by Gasteiger charge is 2.25. The number of urea groups is 1. The summed E-state index contributed by atoms with van der Waals surface area (Å²) in [6.07, 6.45) is 3.72. The van der Waals surface area contributed by atoms with E-state index in [1.54, 1.807) is 35.6 Å². The fourth-order valence-corrected chi connectivity index (χ4v) is 5.01. The van der Waals surface area contributed by atoms with Crippen molar-refractivity contribution < 1.29 is 13.2 Å². The van der Waals surface area contributed by atoms with Crippen molar-refractivity contribution in [3.8, 4) is 0 Å². The van der Waals surface area contributed by atoms with Crippen LogP contribution in [0.15, 0.2) is 53.4 Å². The number of hydrogen-bond donors (Lipinski definition) is 3. The van der Waals surface area contributed by atoms with Gasteiger partial charge in [0.05, 0.1) is 15.9 Å². The van der Waals surface area contributed by atoms with Crippen molar-refractivity contribution in [1.29, 1.82) is 0 Å². The van der Waals surface area contributed by atoms with Crippen LogP contribution in [0.2, 0.25) is 5.02 Å². The van der Waals surface area contributed by atoms with Crippen LogP contribution in [0.5, 0.6) is 0 Å². The van der Waals surface area contributed by atoms with Crippen LogP contribution in [0.3, 0.4) is 0 Å². The maximum atomic E-state index is 12.2. The molecule has 0 saturated carbocycles. The Labute approximate surface area is 207 Å². The van der Waals surface area contributed by atoms with Crippen LogP contribution in [0.4, 0.5) is 4.79 Å². The summed E-state index contributed by atoms with van der Waals surface area (Å²) in [7, 11) is -1.71. The third-order valence-corrected chi connectivity index (χ3v) is 7.24. The highest BCUT2D eigenvalue weighted by Crippen LogP contribution is 2.21. The van der Waals surface area contributed by atoms with E-state index in [2.05, 4.69) is 20.6 Å². The Morgan fingerprint density at radius 3 is 2.32 bits per heavy atom. The summed E-state index contributed by atoms with van der Waals surface area (Å²) in [4.78, 5) is 18.9. The van der Waals surface area contributed by atoms with Gasteiger partial charge in [-0.2, -0.15) is 4.31 Å². The lowest BCUT2D eigenvalue weighted by atomic mass is 10.2. The molecule has 2 aromatic carbocycles. The Morgan fingerprint density at radius 2 is 1.71 bits per heavy atom. The summed E-state index contributed by atoms with van der Waals surface area (Å²) in [6, 6.07) is 14.0. The zero-order valence-electron chi connectivity index (χ0n) is 20.0. The summed E-state index contributed by atoms with van der Waals surface area (Å²) < 4.78 is 25.9. The van der Waals surface area contributed by atoms with Crippen LogP contribution in [-0.4, -0.2) is 55.4 Å². The molecular weight excluding hydrogens is 474 g/mol. The normalized spacial score (nSPS) is 13.8. The number of carbonyl (C=O) groups is 1. The van der Waals surface area contributed by atoms with E-state index in [0.717, 1.165) is 36.1 Å². The van der Waals surface area contributed by atoms with E-state index in [1.807, 2.05) is 38.1 Å². The van der Waals surface area contributed by atoms with Crippen LogP contribution in [0.25, 0.3) is 11.0 Å². The Balaban J connectivity index is 0.000000224. The smallest absolute Gasteiger partial charge is 0.314 e. The lowest BCUT2D eigenvalue weighted by molar-refractivity contribution is 0.243. The number of aromatic nitrogens is 2. The zero-order valence-corrected chi connectivity index (χ0v) is 21.5. The number of sulfonamides is 1. The van der Waals surface area contributed by atoms with E-state index in [-0.39, 0.29) is 6.03 Å². The molecule has 0 aliphatic carbocycles. The zero-order chi connectivity index (χ0) is 25.0. The first kappa shape index (κ1) is 27.6. The molecule has 2 amide bonds. The molecule has 1 aliphatic rings. The maximum absolute atomic E-state index is 12.2. The molecular formula is C24H34ClN5O3S. The topological polar surface area (TPSA) is 107 Å². The van der Waals surface area contributed by atoms with E-state index in [0.29, 0.717) is 36.0 Å². The first-order chi connectivity index (χ1) is 16.4. The molecule has 10 heteroatoms. The summed E-state index contributed by atoms with van der Waals surface area (Å²) >= 11 is 5.74. The molecule has 1 saturated heterocycles. The van der Waals surface area contributed by atoms with Gasteiger partial charge < -0.3 is 15.6 Å². The number of carbonyl (C=O) groups excluding carboxylic acids is 1. The van der Waals surface area contributed by atoms with E-state index in [1.165, 1.54) is 0 Å². The molecule has 186 valence electrons. The SMILES string of the molecule is CC.CNC(=O)NCCc1nc2ccccc2[nH]1.O=S(=O)(c1ccc(Cl)cc1)N1CCCCC1. The number of nitrogens with one attached hydrogen (secondary N) is 3. The summed E-state index contributed by atoms with van der Waals surface area (Å²) in [5.41, 5.74) is 1.98. The summed E-state index contributed by atoms with van der Waals surface area (Å²) in [6.45, 7) is 5.83. The molecule has 0 unspecified atom stereocenters. The second-order valence-electron chi connectivity index (χ2n) is 7.38. The predicted octanol–water partition coefficient (Wildman–Crippen LogP) is 4.58. The molecule has 1 fully saturated rings. The number of fused-ring (bicyclic) bond motifs is 1. The van der Waals surface area contributed by atoms with Crippen molar-refractivity contribution in [3.63, 3.8) is 0 Å². The van der Waals surface area contributed by atoms with Crippen molar-refractivity contribution in [2.45, 2.75) is 44.4 Å². The molecule has 4 rings (SSSR count). The number of hydrogen-bond acceptors (Lipinski definition) is 4. The quantitative estimate of drug-likeness (QED) is 0.470. The molecule has 0 atom stereocenters. The highest BCUT2D eigenvalue weighted by atomic mass is 35.5. The third kappa shape index (κ3) is 8.00. The highest BCUT2D eigenvalue weighted by molar-refractivity contribution is 7.89. The minimum atomic E-state index is -3.30. The predicted molar refractivity (Wildman–Crippen MR) is 138 cm³/mol. The van der Waals surface area contributed by atoms with Gasteiger partial charge in [0, 0.05) is 38.1 Å². The molecule has 8 nitrogen and oxygen atoms in total. The van der Waals surface area contributed by atoms with Gasteiger partial charge >= 0.3 is 6.03 Å². The Kier molecular flexibility index (Phi) is 11.3. The minimum absolute atomic E-state index is 0.170.